The highest BCUT2D eigenvalue weighted by Crippen LogP contribution is 2.49. The maximum Gasteiger partial charge on any atom is 0.319 e. The van der Waals surface area contributed by atoms with Crippen molar-refractivity contribution in [2.75, 3.05) is 29.9 Å². The van der Waals surface area contributed by atoms with Crippen molar-refractivity contribution >= 4 is 17.4 Å². The summed E-state index contributed by atoms with van der Waals surface area (Å²) in [5.74, 6) is 0.686. The first-order chi connectivity index (χ1) is 17.2. The largest absolute Gasteiger partial charge is 0.371 e. The minimum Gasteiger partial charge on any atom is -0.371 e. The molecule has 2 atom stereocenters. The summed E-state index contributed by atoms with van der Waals surface area (Å²) in [6.45, 7) is 8.98. The molecule has 35 heavy (non-hydrogen) atoms. The van der Waals surface area contributed by atoms with Crippen LogP contribution >= 0.6 is 0 Å². The summed E-state index contributed by atoms with van der Waals surface area (Å²) < 4.78 is 0. The molecule has 0 bridgehead atoms. The number of carbonyl (C=O) groups excluding carboxylic acids is 1. The zero-order chi connectivity index (χ0) is 24.6. The molecule has 2 amide bonds. The Balaban J connectivity index is 0.00000141. The topological polar surface area (TPSA) is 44.4 Å². The van der Waals surface area contributed by atoms with Crippen molar-refractivity contribution in [2.24, 2.45) is 0 Å². The highest BCUT2D eigenvalue weighted by atomic mass is 16.2. The lowest BCUT2D eigenvalue weighted by atomic mass is 9.76. The number of hydrogen-bond acceptors (Lipinski definition) is 2. The molecule has 5 rings (SSSR count). The molecule has 0 aliphatic carbocycles. The minimum absolute atomic E-state index is 0.119. The molecular weight excluding hydrogens is 430 g/mol. The van der Waals surface area contributed by atoms with E-state index in [-0.39, 0.29) is 6.03 Å². The van der Waals surface area contributed by atoms with Crippen LogP contribution in [-0.4, -0.2) is 25.7 Å². The average molecular weight is 470 g/mol. The number of benzene rings is 3. The number of unbranched alkanes of at least 4 members (excludes halogenated alkanes) is 1. The van der Waals surface area contributed by atoms with Crippen LogP contribution in [0.15, 0.2) is 72.8 Å². The molecule has 0 saturated carbocycles. The first-order valence-corrected chi connectivity index (χ1v) is 13.3. The van der Waals surface area contributed by atoms with Crippen LogP contribution in [0.4, 0.5) is 16.2 Å². The van der Waals surface area contributed by atoms with Crippen molar-refractivity contribution in [2.45, 2.75) is 58.3 Å². The van der Waals surface area contributed by atoms with Crippen LogP contribution in [0.3, 0.4) is 0 Å². The molecule has 2 aliphatic heterocycles. The lowest BCUT2D eigenvalue weighted by Crippen LogP contribution is -2.38. The molecule has 3 aromatic rings. The normalized spacial score (nSPS) is 18.1. The second kappa shape index (κ2) is 11.9. The van der Waals surface area contributed by atoms with Crippen LogP contribution in [-0.2, 0) is 0 Å². The lowest BCUT2D eigenvalue weighted by molar-refractivity contribution is 0.252. The van der Waals surface area contributed by atoms with E-state index in [1.165, 1.54) is 27.9 Å². The summed E-state index contributed by atoms with van der Waals surface area (Å²) in [5.41, 5.74) is 7.66. The lowest BCUT2D eigenvalue weighted by Gasteiger charge is -2.43. The molecule has 4 heteroatoms. The zero-order valence-corrected chi connectivity index (χ0v) is 21.4. The van der Waals surface area contributed by atoms with Gasteiger partial charge in [0.2, 0.25) is 0 Å². The summed E-state index contributed by atoms with van der Waals surface area (Å²) >= 11 is 0. The van der Waals surface area contributed by atoms with Gasteiger partial charge in [-0.05, 0) is 53.6 Å². The molecule has 2 N–H and O–H groups in total. The third-order valence-corrected chi connectivity index (χ3v) is 7.09. The third-order valence-electron chi connectivity index (χ3n) is 7.09. The molecule has 0 saturated heterocycles. The Bertz CT molecular complexity index is 1020. The Labute approximate surface area is 210 Å². The van der Waals surface area contributed by atoms with Gasteiger partial charge in [-0.15, -0.1) is 0 Å². The maximum atomic E-state index is 12.6. The fraction of sp³-hybridized carbons (Fsp3) is 0.387. The molecule has 0 fully saturated rings. The van der Waals surface area contributed by atoms with E-state index < -0.39 is 0 Å². The van der Waals surface area contributed by atoms with Gasteiger partial charge in [-0.1, -0.05) is 87.9 Å². The van der Waals surface area contributed by atoms with Gasteiger partial charge in [-0.2, -0.15) is 0 Å². The quantitative estimate of drug-likeness (QED) is 0.367. The molecule has 4 nitrogen and oxygen atoms in total. The maximum absolute atomic E-state index is 12.6. The zero-order valence-electron chi connectivity index (χ0n) is 21.4. The summed E-state index contributed by atoms with van der Waals surface area (Å²) in [5, 5.41) is 6.14. The molecule has 184 valence electrons. The van der Waals surface area contributed by atoms with Gasteiger partial charge in [0.05, 0.1) is 0 Å². The Morgan fingerprint density at radius 3 is 1.86 bits per heavy atom. The first-order valence-electron chi connectivity index (χ1n) is 13.3. The van der Waals surface area contributed by atoms with Gasteiger partial charge in [0, 0.05) is 42.8 Å². The van der Waals surface area contributed by atoms with E-state index in [9.17, 15) is 4.79 Å². The van der Waals surface area contributed by atoms with Gasteiger partial charge in [0.1, 0.15) is 0 Å². The fourth-order valence-electron chi connectivity index (χ4n) is 5.48. The smallest absolute Gasteiger partial charge is 0.319 e. The number of rotatable bonds is 6. The Hall–Kier alpha value is -3.27. The van der Waals surface area contributed by atoms with Crippen LogP contribution in [0.5, 0.6) is 0 Å². The standard InChI is InChI=1S/C29H33N3O.C2H6/c1-2-3-16-30-29(33)31-23-19-26-24(21-10-6-4-7-11-21)14-17-32-18-15-25(27(20-23)28(26)32)22-12-8-5-9-13-22;1-2/h4-13,19-20,24-25H,2-3,14-18H2,1H3,(H2,30,31,33);1-2H3. The highest BCUT2D eigenvalue weighted by Gasteiger charge is 2.35. The number of amides is 2. The average Bonchev–Trinajstić information content (AvgIpc) is 2.91. The highest BCUT2D eigenvalue weighted by molar-refractivity contribution is 5.90. The van der Waals surface area contributed by atoms with Gasteiger partial charge in [0.25, 0.3) is 0 Å². The molecule has 2 unspecified atom stereocenters. The van der Waals surface area contributed by atoms with Crippen LogP contribution in [0.25, 0.3) is 0 Å². The van der Waals surface area contributed by atoms with Gasteiger partial charge >= 0.3 is 6.03 Å². The van der Waals surface area contributed by atoms with Gasteiger partial charge in [-0.3, -0.25) is 0 Å². The second-order valence-corrected chi connectivity index (χ2v) is 9.23. The molecule has 0 spiro atoms. The number of urea groups is 1. The SMILES string of the molecule is CC.CCCCNC(=O)Nc1cc2c3c(c1)C(c1ccccc1)CCN3CCC2c1ccccc1. The number of carbonyl (C=O) groups is 1. The number of nitrogens with one attached hydrogen (secondary N) is 2. The summed E-state index contributed by atoms with van der Waals surface area (Å²) in [6.07, 6.45) is 4.25. The summed E-state index contributed by atoms with van der Waals surface area (Å²) in [4.78, 5) is 15.2. The van der Waals surface area contributed by atoms with Crippen LogP contribution in [0.1, 0.15) is 80.5 Å². The van der Waals surface area contributed by atoms with Gasteiger partial charge in [-0.25, -0.2) is 4.79 Å². The van der Waals surface area contributed by atoms with Gasteiger partial charge < -0.3 is 15.5 Å². The van der Waals surface area contributed by atoms with Crippen LogP contribution in [0.2, 0.25) is 0 Å². The van der Waals surface area contributed by atoms with Crippen molar-refractivity contribution in [1.82, 2.24) is 5.32 Å². The molecule has 0 radical (unpaired) electrons. The monoisotopic (exact) mass is 469 g/mol. The predicted octanol–water partition coefficient (Wildman–Crippen LogP) is 7.51. The van der Waals surface area contributed by atoms with E-state index in [1.54, 1.807) is 0 Å². The minimum atomic E-state index is -0.119. The predicted molar refractivity (Wildman–Crippen MR) is 148 cm³/mol. The second-order valence-electron chi connectivity index (χ2n) is 9.23. The third kappa shape index (κ3) is 5.53. The van der Waals surface area contributed by atoms with Crippen molar-refractivity contribution < 1.29 is 4.79 Å². The van der Waals surface area contributed by atoms with Crippen molar-refractivity contribution in [3.8, 4) is 0 Å². The van der Waals surface area contributed by atoms with Crippen molar-refractivity contribution in [3.05, 3.63) is 95.1 Å². The van der Waals surface area contributed by atoms with Crippen molar-refractivity contribution in [3.63, 3.8) is 0 Å². The van der Waals surface area contributed by atoms with E-state index in [2.05, 4.69) is 95.3 Å². The summed E-state index contributed by atoms with van der Waals surface area (Å²) in [6, 6.07) is 25.9. The number of nitrogens with zero attached hydrogens (tertiary/aromatic N) is 1. The Morgan fingerprint density at radius 2 is 1.37 bits per heavy atom. The first kappa shape index (κ1) is 24.8. The van der Waals surface area contributed by atoms with E-state index >= 15 is 0 Å². The number of hydrogen-bond donors (Lipinski definition) is 2. The molecule has 2 heterocycles. The van der Waals surface area contributed by atoms with E-state index in [0.717, 1.165) is 44.5 Å². The number of anilines is 2. The Morgan fingerprint density at radius 1 is 0.857 bits per heavy atom. The fourth-order valence-corrected chi connectivity index (χ4v) is 5.48. The Kier molecular flexibility index (Phi) is 8.46. The van der Waals surface area contributed by atoms with Crippen molar-refractivity contribution in [1.29, 1.82) is 0 Å². The molecule has 2 aliphatic rings. The van der Waals surface area contributed by atoms with E-state index in [4.69, 9.17) is 0 Å². The molecule has 0 aromatic heterocycles. The summed E-state index contributed by atoms with van der Waals surface area (Å²) in [7, 11) is 0. The van der Waals surface area contributed by atoms with E-state index in [0.29, 0.717) is 18.4 Å². The molecular formula is C31H39N3O. The van der Waals surface area contributed by atoms with Gasteiger partial charge in [0.15, 0.2) is 0 Å². The van der Waals surface area contributed by atoms with Crippen LogP contribution in [0, 0.1) is 0 Å². The molecule has 3 aromatic carbocycles. The van der Waals surface area contributed by atoms with Crippen LogP contribution < -0.4 is 15.5 Å². The van der Waals surface area contributed by atoms with E-state index in [1.807, 2.05) is 13.8 Å².